The monoisotopic (exact) mass is 256 g/mol. The van der Waals surface area contributed by atoms with Crippen LogP contribution in [0, 0.1) is 0 Å². The molecule has 0 saturated heterocycles. The number of ether oxygens (including phenoxy) is 1. The third-order valence-electron chi connectivity index (χ3n) is 2.37. The number of benzene rings is 2. The summed E-state index contributed by atoms with van der Waals surface area (Å²) in [6, 6.07) is 8.31. The van der Waals surface area contributed by atoms with E-state index in [1.54, 1.807) is 6.07 Å². The van der Waals surface area contributed by atoms with Crippen LogP contribution in [-0.4, -0.2) is 23.5 Å². The molecule has 0 amide bonds. The van der Waals surface area contributed by atoms with Gasteiger partial charge in [-0.1, -0.05) is 24.3 Å². The van der Waals surface area contributed by atoms with Gasteiger partial charge in [-0.3, -0.25) is 0 Å². The largest absolute Gasteiger partial charge is 0.573 e. The normalized spacial score (nSPS) is 11.6. The van der Waals surface area contributed by atoms with Crippen LogP contribution in [0.2, 0.25) is 0 Å². The average Bonchev–Trinajstić information content (AvgIpc) is 2.25. The Morgan fingerprint density at radius 1 is 0.944 bits per heavy atom. The summed E-state index contributed by atoms with van der Waals surface area (Å²) in [6.45, 7) is 0. The van der Waals surface area contributed by atoms with Crippen molar-refractivity contribution in [2.45, 2.75) is 6.36 Å². The van der Waals surface area contributed by atoms with Crippen LogP contribution in [0.5, 0.6) is 5.75 Å². The van der Waals surface area contributed by atoms with Crippen molar-refractivity contribution in [3.05, 3.63) is 36.4 Å². The molecular weight excluding hydrogens is 248 g/mol. The third-order valence-corrected chi connectivity index (χ3v) is 2.37. The highest BCUT2D eigenvalue weighted by Crippen LogP contribution is 2.26. The van der Waals surface area contributed by atoms with Crippen molar-refractivity contribution < 1.29 is 28.0 Å². The van der Waals surface area contributed by atoms with Crippen LogP contribution in [0.1, 0.15) is 0 Å². The van der Waals surface area contributed by atoms with Crippen LogP contribution < -0.4 is 10.2 Å². The zero-order valence-corrected chi connectivity index (χ0v) is 8.98. The highest BCUT2D eigenvalue weighted by molar-refractivity contribution is 6.58. The van der Waals surface area contributed by atoms with E-state index in [2.05, 4.69) is 4.74 Å². The van der Waals surface area contributed by atoms with Gasteiger partial charge in [0.25, 0.3) is 0 Å². The second-order valence-corrected chi connectivity index (χ2v) is 3.69. The zero-order chi connectivity index (χ0) is 13.3. The number of hydrogen-bond donors (Lipinski definition) is 2. The summed E-state index contributed by atoms with van der Waals surface area (Å²) in [5.41, 5.74) is 0.201. The second kappa shape index (κ2) is 4.51. The van der Waals surface area contributed by atoms with Crippen LogP contribution in [-0.2, 0) is 0 Å². The van der Waals surface area contributed by atoms with Crippen molar-refractivity contribution in [3.63, 3.8) is 0 Å². The molecule has 0 heterocycles. The summed E-state index contributed by atoms with van der Waals surface area (Å²) in [5, 5.41) is 19.1. The maximum absolute atomic E-state index is 12.0. The lowest BCUT2D eigenvalue weighted by Crippen LogP contribution is -2.29. The molecule has 0 aliphatic heterocycles. The fraction of sp³-hybridized carbons (Fsp3) is 0.0909. The summed E-state index contributed by atoms with van der Waals surface area (Å²) in [7, 11) is -1.67. The Labute approximate surface area is 101 Å². The van der Waals surface area contributed by atoms with E-state index in [1.165, 1.54) is 30.3 Å². The van der Waals surface area contributed by atoms with Gasteiger partial charge in [-0.25, -0.2) is 0 Å². The van der Waals surface area contributed by atoms with Crippen LogP contribution >= 0.6 is 0 Å². The molecule has 0 fully saturated rings. The van der Waals surface area contributed by atoms with Gasteiger partial charge in [-0.2, -0.15) is 0 Å². The summed E-state index contributed by atoms with van der Waals surface area (Å²) < 4.78 is 39.9. The highest BCUT2D eigenvalue weighted by Gasteiger charge is 2.31. The van der Waals surface area contributed by atoms with Gasteiger partial charge in [0.2, 0.25) is 0 Å². The molecule has 2 N–H and O–H groups in total. The van der Waals surface area contributed by atoms with E-state index in [9.17, 15) is 13.2 Å². The van der Waals surface area contributed by atoms with E-state index >= 15 is 0 Å². The molecular formula is C11H8BF3O3. The van der Waals surface area contributed by atoms with Crippen LogP contribution in [0.15, 0.2) is 36.4 Å². The van der Waals surface area contributed by atoms with Gasteiger partial charge < -0.3 is 14.8 Å². The summed E-state index contributed by atoms with van der Waals surface area (Å²) >= 11 is 0. The minimum atomic E-state index is -4.75. The molecule has 0 saturated carbocycles. The Morgan fingerprint density at radius 2 is 1.61 bits per heavy atom. The summed E-state index contributed by atoms with van der Waals surface area (Å²) in [6.07, 6.45) is -4.75. The quantitative estimate of drug-likeness (QED) is 0.799. The predicted molar refractivity (Wildman–Crippen MR) is 60.5 cm³/mol. The number of hydrogen-bond acceptors (Lipinski definition) is 3. The molecule has 0 aliphatic rings. The number of alkyl halides is 3. The lowest BCUT2D eigenvalue weighted by atomic mass is 9.79. The van der Waals surface area contributed by atoms with E-state index in [0.717, 1.165) is 0 Å². The van der Waals surface area contributed by atoms with Gasteiger partial charge in [-0.05, 0) is 28.4 Å². The van der Waals surface area contributed by atoms with Crippen molar-refractivity contribution in [1.29, 1.82) is 0 Å². The van der Waals surface area contributed by atoms with Gasteiger partial charge in [0, 0.05) is 0 Å². The zero-order valence-electron chi connectivity index (χ0n) is 8.98. The molecule has 0 unspecified atom stereocenters. The van der Waals surface area contributed by atoms with E-state index in [4.69, 9.17) is 10.0 Å². The molecule has 18 heavy (non-hydrogen) atoms. The Bertz CT molecular complexity index is 569. The van der Waals surface area contributed by atoms with Crippen LogP contribution in [0.4, 0.5) is 13.2 Å². The van der Waals surface area contributed by atoms with Crippen molar-refractivity contribution in [2.75, 3.05) is 0 Å². The Morgan fingerprint density at radius 3 is 2.22 bits per heavy atom. The SMILES string of the molecule is OB(O)c1ccc2ccc(OC(F)(F)F)cc2c1. The first-order valence-corrected chi connectivity index (χ1v) is 5.01. The van der Waals surface area contributed by atoms with Crippen LogP contribution in [0.3, 0.4) is 0 Å². The standard InChI is InChI=1S/C11H8BF3O3/c13-11(14,15)18-10-4-2-7-1-3-9(12(16)17)5-8(7)6-10/h1-6,16-17H. The second-order valence-electron chi connectivity index (χ2n) is 3.69. The minimum Gasteiger partial charge on any atom is -0.423 e. The summed E-state index contributed by atoms with van der Waals surface area (Å²) in [4.78, 5) is 0. The number of rotatable bonds is 2. The molecule has 2 rings (SSSR count). The Hall–Kier alpha value is -1.73. The predicted octanol–water partition coefficient (Wildman–Crippen LogP) is 1.42. The molecule has 2 aromatic rings. The van der Waals surface area contributed by atoms with E-state index in [-0.39, 0.29) is 11.2 Å². The lowest BCUT2D eigenvalue weighted by Gasteiger charge is -2.10. The van der Waals surface area contributed by atoms with Gasteiger partial charge >= 0.3 is 13.5 Å². The Balaban J connectivity index is 2.42. The molecule has 0 bridgehead atoms. The van der Waals surface area contributed by atoms with E-state index < -0.39 is 13.5 Å². The molecule has 7 heteroatoms. The molecule has 94 valence electrons. The van der Waals surface area contributed by atoms with Gasteiger partial charge in [0.05, 0.1) is 0 Å². The average molecular weight is 256 g/mol. The van der Waals surface area contributed by atoms with Crippen molar-refractivity contribution in [2.24, 2.45) is 0 Å². The van der Waals surface area contributed by atoms with E-state index in [1.807, 2.05) is 0 Å². The van der Waals surface area contributed by atoms with Crippen molar-refractivity contribution in [3.8, 4) is 5.75 Å². The topological polar surface area (TPSA) is 49.7 Å². The fourth-order valence-electron chi connectivity index (χ4n) is 1.60. The third kappa shape index (κ3) is 2.94. The highest BCUT2D eigenvalue weighted by atomic mass is 19.4. The molecule has 0 aliphatic carbocycles. The van der Waals surface area contributed by atoms with Crippen molar-refractivity contribution >= 4 is 23.4 Å². The van der Waals surface area contributed by atoms with Gasteiger partial charge in [0.1, 0.15) is 5.75 Å². The number of fused-ring (bicyclic) bond motifs is 1. The molecule has 0 atom stereocenters. The van der Waals surface area contributed by atoms with Crippen LogP contribution in [0.25, 0.3) is 10.8 Å². The van der Waals surface area contributed by atoms with Gasteiger partial charge in [0.15, 0.2) is 0 Å². The van der Waals surface area contributed by atoms with Crippen molar-refractivity contribution in [1.82, 2.24) is 0 Å². The molecule has 2 aromatic carbocycles. The first kappa shape index (κ1) is 12.7. The fourth-order valence-corrected chi connectivity index (χ4v) is 1.60. The lowest BCUT2D eigenvalue weighted by molar-refractivity contribution is -0.274. The van der Waals surface area contributed by atoms with Gasteiger partial charge in [-0.15, -0.1) is 13.2 Å². The molecule has 0 radical (unpaired) electrons. The first-order valence-electron chi connectivity index (χ1n) is 5.01. The maximum Gasteiger partial charge on any atom is 0.573 e. The molecule has 0 spiro atoms. The maximum atomic E-state index is 12.0. The number of halogens is 3. The summed E-state index contributed by atoms with van der Waals surface area (Å²) in [5.74, 6) is -0.348. The minimum absolute atomic E-state index is 0.201. The molecule has 0 aromatic heterocycles. The smallest absolute Gasteiger partial charge is 0.423 e. The Kier molecular flexibility index (Phi) is 3.19. The first-order chi connectivity index (χ1) is 8.35. The molecule has 3 nitrogen and oxygen atoms in total. The van der Waals surface area contributed by atoms with E-state index in [0.29, 0.717) is 10.8 Å².